The summed E-state index contributed by atoms with van der Waals surface area (Å²) in [5.41, 5.74) is 3.43. The van der Waals surface area contributed by atoms with Crippen molar-refractivity contribution in [3.63, 3.8) is 0 Å². The molecule has 1 atom stereocenters. The maximum absolute atomic E-state index is 14.3. The normalized spacial score (nSPS) is 15.6. The van der Waals surface area contributed by atoms with Crippen LogP contribution in [0.25, 0.3) is 22.5 Å². The molecule has 1 aliphatic rings. The lowest BCUT2D eigenvalue weighted by Gasteiger charge is -2.26. The van der Waals surface area contributed by atoms with Crippen LogP contribution in [0.15, 0.2) is 67.5 Å². The molecule has 0 N–H and O–H groups in total. The van der Waals surface area contributed by atoms with Crippen molar-refractivity contribution in [2.75, 3.05) is 18.6 Å². The second-order valence-corrected chi connectivity index (χ2v) is 8.76. The third-order valence-electron chi connectivity index (χ3n) is 6.61. The van der Waals surface area contributed by atoms with Crippen molar-refractivity contribution in [3.05, 3.63) is 84.7 Å². The number of rotatable bonds is 6. The second-order valence-electron chi connectivity index (χ2n) is 8.76. The van der Waals surface area contributed by atoms with E-state index in [1.165, 1.54) is 12.1 Å². The van der Waals surface area contributed by atoms with E-state index >= 15 is 0 Å². The van der Waals surface area contributed by atoms with Crippen LogP contribution in [0.1, 0.15) is 18.4 Å². The van der Waals surface area contributed by atoms with Crippen molar-refractivity contribution in [1.82, 2.24) is 29.4 Å². The molecule has 0 unspecified atom stereocenters. The molecular formula is C26H23F2N7O. The molecular weight excluding hydrogens is 464 g/mol. The van der Waals surface area contributed by atoms with Crippen LogP contribution in [0.2, 0.25) is 0 Å². The predicted molar refractivity (Wildman–Crippen MR) is 130 cm³/mol. The number of ether oxygens (including phenoxy) is 1. The smallest absolute Gasteiger partial charge is 0.183 e. The summed E-state index contributed by atoms with van der Waals surface area (Å²) in [7, 11) is 1.62. The highest BCUT2D eigenvalue weighted by atomic mass is 19.1. The van der Waals surface area contributed by atoms with Gasteiger partial charge < -0.3 is 9.64 Å². The van der Waals surface area contributed by atoms with Gasteiger partial charge in [0.15, 0.2) is 5.65 Å². The number of nitrogens with zero attached hydrogens (tertiary/aromatic N) is 7. The van der Waals surface area contributed by atoms with E-state index in [4.69, 9.17) is 9.72 Å². The number of benzene rings is 1. The van der Waals surface area contributed by atoms with Crippen molar-refractivity contribution in [3.8, 4) is 22.6 Å². The fourth-order valence-corrected chi connectivity index (χ4v) is 4.84. The molecule has 0 aliphatic carbocycles. The van der Waals surface area contributed by atoms with Gasteiger partial charge in [0.1, 0.15) is 28.9 Å². The summed E-state index contributed by atoms with van der Waals surface area (Å²) in [6, 6.07) is 7.34. The number of methoxy groups -OCH3 is 1. The van der Waals surface area contributed by atoms with Gasteiger partial charge in [0.2, 0.25) is 0 Å². The molecule has 0 saturated carbocycles. The number of fused-ring (bicyclic) bond motifs is 1. The summed E-state index contributed by atoms with van der Waals surface area (Å²) >= 11 is 0. The lowest BCUT2D eigenvalue weighted by atomic mass is 10.0. The monoisotopic (exact) mass is 487 g/mol. The number of aromatic nitrogens is 6. The molecule has 5 aromatic rings. The largest absolute Gasteiger partial charge is 0.496 e. The van der Waals surface area contributed by atoms with Gasteiger partial charge in [0.25, 0.3) is 0 Å². The van der Waals surface area contributed by atoms with E-state index in [1.807, 2.05) is 18.5 Å². The van der Waals surface area contributed by atoms with Crippen molar-refractivity contribution < 1.29 is 13.5 Å². The maximum Gasteiger partial charge on any atom is 0.183 e. The molecule has 8 nitrogen and oxygen atoms in total. The van der Waals surface area contributed by atoms with Crippen LogP contribution in [0.5, 0.6) is 5.75 Å². The van der Waals surface area contributed by atoms with Crippen molar-refractivity contribution in [1.29, 1.82) is 0 Å². The minimum atomic E-state index is -0.429. The molecule has 0 bridgehead atoms. The lowest BCUT2D eigenvalue weighted by molar-refractivity contribution is 0.416. The fourth-order valence-electron chi connectivity index (χ4n) is 4.84. The van der Waals surface area contributed by atoms with Gasteiger partial charge >= 0.3 is 0 Å². The number of hydrogen-bond donors (Lipinski definition) is 0. The molecule has 6 rings (SSSR count). The summed E-state index contributed by atoms with van der Waals surface area (Å²) in [6.45, 7) is 0.793. The van der Waals surface area contributed by atoms with E-state index in [2.05, 4.69) is 20.1 Å². The number of hydrogen-bond acceptors (Lipinski definition) is 6. The minimum Gasteiger partial charge on any atom is -0.496 e. The van der Waals surface area contributed by atoms with E-state index < -0.39 is 5.82 Å². The van der Waals surface area contributed by atoms with E-state index in [0.717, 1.165) is 48.1 Å². The SMILES string of the molecule is COc1ccncc1-c1cnn(-c2cnn3ccc(N4CCC[C@@H]4Cc4cc(F)ccc4F)nc23)c1. The standard InChI is InChI=1S/C26H23F2N7O/c1-36-24-6-8-29-14-21(24)18-13-30-35(16-18)23-15-31-34-10-7-25(32-26(23)34)33-9-2-3-20(33)12-17-11-19(27)4-5-22(17)28/h4-8,10-11,13-16,20H,2-3,9,12H2,1H3/t20-/m1/s1. The van der Waals surface area contributed by atoms with Gasteiger partial charge in [-0.1, -0.05) is 0 Å². The molecule has 182 valence electrons. The Kier molecular flexibility index (Phi) is 5.55. The van der Waals surface area contributed by atoms with Crippen molar-refractivity contribution >= 4 is 11.5 Å². The van der Waals surface area contributed by atoms with Crippen LogP contribution < -0.4 is 9.64 Å². The summed E-state index contributed by atoms with van der Waals surface area (Å²) in [4.78, 5) is 11.3. The van der Waals surface area contributed by atoms with Crippen LogP contribution in [-0.2, 0) is 6.42 Å². The maximum atomic E-state index is 14.3. The Morgan fingerprint density at radius 1 is 1.08 bits per heavy atom. The molecule has 5 heterocycles. The fraction of sp³-hybridized carbons (Fsp3) is 0.231. The summed E-state index contributed by atoms with van der Waals surface area (Å²) in [5.74, 6) is 0.663. The molecule has 1 aliphatic heterocycles. The Hall–Kier alpha value is -4.34. The van der Waals surface area contributed by atoms with Crippen molar-refractivity contribution in [2.24, 2.45) is 0 Å². The average Bonchev–Trinajstić information content (AvgIpc) is 3.65. The Morgan fingerprint density at radius 3 is 2.89 bits per heavy atom. The molecule has 0 spiro atoms. The molecule has 1 aromatic carbocycles. The first-order valence-electron chi connectivity index (χ1n) is 11.7. The van der Waals surface area contributed by atoms with Gasteiger partial charge in [-0.2, -0.15) is 10.2 Å². The first-order valence-corrected chi connectivity index (χ1v) is 11.7. The molecule has 10 heteroatoms. The third kappa shape index (κ3) is 3.94. The Morgan fingerprint density at radius 2 is 2.00 bits per heavy atom. The topological polar surface area (TPSA) is 73.4 Å². The van der Waals surface area contributed by atoms with Gasteiger partial charge in [-0.05, 0) is 55.2 Å². The van der Waals surface area contributed by atoms with Crippen LogP contribution in [0.4, 0.5) is 14.6 Å². The second kappa shape index (κ2) is 9.03. The minimum absolute atomic E-state index is 0.0250. The van der Waals surface area contributed by atoms with Crippen LogP contribution in [0.3, 0.4) is 0 Å². The zero-order valence-corrected chi connectivity index (χ0v) is 19.6. The lowest BCUT2D eigenvalue weighted by Crippen LogP contribution is -2.32. The highest BCUT2D eigenvalue weighted by molar-refractivity contribution is 5.69. The molecule has 0 amide bonds. The Bertz CT molecular complexity index is 1550. The van der Waals surface area contributed by atoms with Gasteiger partial charge in [-0.15, -0.1) is 0 Å². The third-order valence-corrected chi connectivity index (χ3v) is 6.61. The van der Waals surface area contributed by atoms with E-state index in [1.54, 1.807) is 47.2 Å². The summed E-state index contributed by atoms with van der Waals surface area (Å²) < 4.78 is 36.9. The zero-order valence-electron chi connectivity index (χ0n) is 19.6. The molecule has 1 fully saturated rings. The van der Waals surface area contributed by atoms with E-state index in [9.17, 15) is 8.78 Å². The molecule has 36 heavy (non-hydrogen) atoms. The van der Waals surface area contributed by atoms with E-state index in [-0.39, 0.29) is 11.9 Å². The van der Waals surface area contributed by atoms with Crippen LogP contribution >= 0.6 is 0 Å². The van der Waals surface area contributed by atoms with Gasteiger partial charge in [0.05, 0.1) is 19.5 Å². The summed E-state index contributed by atoms with van der Waals surface area (Å²) in [5, 5.41) is 8.96. The van der Waals surface area contributed by atoms with Gasteiger partial charge in [0, 0.05) is 48.5 Å². The zero-order chi connectivity index (χ0) is 24.6. The highest BCUT2D eigenvalue weighted by Gasteiger charge is 2.27. The highest BCUT2D eigenvalue weighted by Crippen LogP contribution is 2.31. The van der Waals surface area contributed by atoms with Gasteiger partial charge in [-0.25, -0.2) is 23.0 Å². The molecule has 0 radical (unpaired) electrons. The molecule has 1 saturated heterocycles. The number of anilines is 1. The average molecular weight is 488 g/mol. The van der Waals surface area contributed by atoms with Crippen LogP contribution in [-0.4, -0.2) is 49.1 Å². The molecule has 4 aromatic heterocycles. The number of halogens is 2. The van der Waals surface area contributed by atoms with Crippen molar-refractivity contribution in [2.45, 2.75) is 25.3 Å². The first kappa shape index (κ1) is 22.1. The first-order chi connectivity index (χ1) is 17.6. The quantitative estimate of drug-likeness (QED) is 0.352. The predicted octanol–water partition coefficient (Wildman–Crippen LogP) is 4.48. The Labute approximate surface area is 205 Å². The van der Waals surface area contributed by atoms with Gasteiger partial charge in [-0.3, -0.25) is 4.98 Å². The Balaban J connectivity index is 1.32. The number of pyridine rings is 1. The summed E-state index contributed by atoms with van der Waals surface area (Å²) in [6.07, 6.45) is 12.9. The van der Waals surface area contributed by atoms with Crippen LogP contribution in [0, 0.1) is 11.6 Å². The van der Waals surface area contributed by atoms with E-state index in [0.29, 0.717) is 23.4 Å².